The van der Waals surface area contributed by atoms with Gasteiger partial charge in [0.1, 0.15) is 0 Å². The minimum atomic E-state index is -0.682. The Morgan fingerprint density at radius 3 is 2.56 bits per heavy atom. The molecule has 0 spiro atoms. The van der Waals surface area contributed by atoms with Gasteiger partial charge in [0.15, 0.2) is 0 Å². The number of nitrogens with zero attached hydrogens (tertiary/aromatic N) is 1. The Morgan fingerprint density at radius 2 is 1.80 bits per heavy atom. The van der Waals surface area contributed by atoms with E-state index >= 15 is 0 Å². The number of hydrogen-bond donors (Lipinski definition) is 1. The molecule has 0 aliphatic rings. The quantitative estimate of drug-likeness (QED) is 0.549. The predicted molar refractivity (Wildman–Crippen MR) is 99.1 cm³/mol. The van der Waals surface area contributed by atoms with Crippen LogP contribution in [-0.2, 0) is 11.3 Å². The van der Waals surface area contributed by atoms with Crippen molar-refractivity contribution in [3.05, 3.63) is 88.7 Å². The molecule has 0 saturated carbocycles. The van der Waals surface area contributed by atoms with Crippen molar-refractivity contribution in [2.45, 2.75) is 13.5 Å². The first-order valence-electron chi connectivity index (χ1n) is 7.85. The lowest BCUT2D eigenvalue weighted by Crippen LogP contribution is -2.25. The Labute approximate surface area is 151 Å². The van der Waals surface area contributed by atoms with Gasteiger partial charge in [-0.05, 0) is 42.3 Å². The number of Topliss-reactive ketones (excluding diaryl/α,β-unsaturated/α-hetero) is 1. The van der Waals surface area contributed by atoms with Gasteiger partial charge in [-0.2, -0.15) is 0 Å². The van der Waals surface area contributed by atoms with Crippen molar-refractivity contribution in [1.29, 1.82) is 0 Å². The van der Waals surface area contributed by atoms with Crippen LogP contribution in [0.4, 0.5) is 5.69 Å². The van der Waals surface area contributed by atoms with Gasteiger partial charge in [-0.25, -0.2) is 0 Å². The van der Waals surface area contributed by atoms with Crippen LogP contribution in [0.15, 0.2) is 66.9 Å². The fourth-order valence-corrected chi connectivity index (χ4v) is 2.73. The van der Waals surface area contributed by atoms with E-state index in [9.17, 15) is 9.59 Å². The number of carbonyl (C=O) groups is 2. The highest BCUT2D eigenvalue weighted by atomic mass is 35.5. The lowest BCUT2D eigenvalue weighted by Gasteiger charge is -2.10. The molecular weight excluding hydrogens is 336 g/mol. The third-order valence-corrected chi connectivity index (χ3v) is 4.15. The number of ketones is 1. The van der Waals surface area contributed by atoms with Crippen LogP contribution in [0.2, 0.25) is 5.02 Å². The first-order valence-corrected chi connectivity index (χ1v) is 8.23. The predicted octanol–water partition coefficient (Wildman–Crippen LogP) is 4.32. The summed E-state index contributed by atoms with van der Waals surface area (Å²) < 4.78 is 1.77. The topological polar surface area (TPSA) is 51.1 Å². The number of halogens is 1. The number of aromatic nitrogens is 1. The van der Waals surface area contributed by atoms with Crippen LogP contribution in [0.25, 0.3) is 0 Å². The molecule has 4 nitrogen and oxygen atoms in total. The van der Waals surface area contributed by atoms with Crippen molar-refractivity contribution < 1.29 is 9.59 Å². The Balaban J connectivity index is 1.78. The number of carbonyl (C=O) groups excluding carboxylic acids is 2. The van der Waals surface area contributed by atoms with Gasteiger partial charge in [-0.1, -0.05) is 48.0 Å². The van der Waals surface area contributed by atoms with Crippen LogP contribution < -0.4 is 5.32 Å². The zero-order valence-electron chi connectivity index (χ0n) is 13.7. The maximum atomic E-state index is 12.6. The van der Waals surface area contributed by atoms with Gasteiger partial charge in [0.05, 0.1) is 5.69 Å². The van der Waals surface area contributed by atoms with E-state index in [1.54, 1.807) is 41.1 Å². The molecule has 5 heteroatoms. The highest BCUT2D eigenvalue weighted by Gasteiger charge is 2.20. The summed E-state index contributed by atoms with van der Waals surface area (Å²) in [4.78, 5) is 24.9. The molecule has 0 saturated heterocycles. The molecule has 0 aliphatic carbocycles. The number of amides is 1. The third kappa shape index (κ3) is 3.98. The minimum absolute atomic E-state index is 0.348. The number of aryl methyl sites for hydroxylation is 1. The molecule has 2 aromatic carbocycles. The molecule has 1 N–H and O–H groups in total. The van der Waals surface area contributed by atoms with Crippen LogP contribution in [0.5, 0.6) is 0 Å². The van der Waals surface area contributed by atoms with Crippen molar-refractivity contribution in [3.63, 3.8) is 0 Å². The second-order valence-corrected chi connectivity index (χ2v) is 6.19. The van der Waals surface area contributed by atoms with Gasteiger partial charge in [0.2, 0.25) is 0 Å². The number of rotatable bonds is 5. The molecule has 1 heterocycles. The maximum absolute atomic E-state index is 12.6. The van der Waals surface area contributed by atoms with E-state index in [4.69, 9.17) is 11.6 Å². The van der Waals surface area contributed by atoms with Gasteiger partial charge in [-0.3, -0.25) is 9.59 Å². The summed E-state index contributed by atoms with van der Waals surface area (Å²) in [5.41, 5.74) is 2.78. The minimum Gasteiger partial charge on any atom is -0.340 e. The molecule has 0 fully saturated rings. The summed E-state index contributed by atoms with van der Waals surface area (Å²) in [5.74, 6) is -1.27. The zero-order chi connectivity index (χ0) is 17.8. The van der Waals surface area contributed by atoms with E-state index < -0.39 is 11.7 Å². The van der Waals surface area contributed by atoms with Crippen LogP contribution in [0, 0.1) is 6.92 Å². The van der Waals surface area contributed by atoms with Gasteiger partial charge < -0.3 is 9.88 Å². The highest BCUT2D eigenvalue weighted by Crippen LogP contribution is 2.20. The molecule has 1 amide bonds. The van der Waals surface area contributed by atoms with E-state index in [0.29, 0.717) is 22.9 Å². The number of nitrogens with one attached hydrogen (secondary N) is 1. The van der Waals surface area contributed by atoms with Crippen molar-refractivity contribution in [2.24, 2.45) is 0 Å². The van der Waals surface area contributed by atoms with E-state index in [2.05, 4.69) is 5.32 Å². The van der Waals surface area contributed by atoms with E-state index in [1.807, 2.05) is 37.3 Å². The molecule has 25 heavy (non-hydrogen) atoms. The fraction of sp³-hybridized carbons (Fsp3) is 0.100. The molecule has 1 aromatic heterocycles. The first kappa shape index (κ1) is 17.0. The van der Waals surface area contributed by atoms with E-state index in [0.717, 1.165) is 11.1 Å². The van der Waals surface area contributed by atoms with Gasteiger partial charge >= 0.3 is 0 Å². The highest BCUT2D eigenvalue weighted by molar-refractivity contribution is 6.46. The van der Waals surface area contributed by atoms with Crippen LogP contribution in [0.3, 0.4) is 0 Å². The Bertz CT molecular complexity index is 916. The Kier molecular flexibility index (Phi) is 5.00. The van der Waals surface area contributed by atoms with E-state index in [1.165, 1.54) is 0 Å². The Morgan fingerprint density at radius 1 is 1.04 bits per heavy atom. The summed E-state index contributed by atoms with van der Waals surface area (Å²) in [6.45, 7) is 2.37. The van der Waals surface area contributed by atoms with Crippen molar-refractivity contribution in [1.82, 2.24) is 4.57 Å². The summed E-state index contributed by atoms with van der Waals surface area (Å²) in [7, 11) is 0. The summed E-state index contributed by atoms with van der Waals surface area (Å²) in [6, 6.07) is 18.3. The largest absolute Gasteiger partial charge is 0.340 e. The van der Waals surface area contributed by atoms with Gasteiger partial charge in [0, 0.05) is 23.5 Å². The lowest BCUT2D eigenvalue weighted by molar-refractivity contribution is -0.112. The average molecular weight is 353 g/mol. The maximum Gasteiger partial charge on any atom is 0.298 e. The standard InChI is InChI=1S/C20H17ClN2O2/c1-14-9-10-16(21)12-17(14)22-20(25)19(24)18-8-5-11-23(18)13-15-6-3-2-4-7-15/h2-12H,13H2,1H3,(H,22,25). The molecule has 126 valence electrons. The lowest BCUT2D eigenvalue weighted by atomic mass is 10.2. The van der Waals surface area contributed by atoms with Crippen molar-refractivity contribution in [2.75, 3.05) is 5.32 Å². The zero-order valence-corrected chi connectivity index (χ0v) is 14.5. The van der Waals surface area contributed by atoms with Crippen LogP contribution in [0.1, 0.15) is 21.6 Å². The molecule has 0 aliphatic heterocycles. The van der Waals surface area contributed by atoms with Crippen molar-refractivity contribution in [3.8, 4) is 0 Å². The van der Waals surface area contributed by atoms with Crippen LogP contribution >= 0.6 is 11.6 Å². The molecule has 3 rings (SSSR count). The number of hydrogen-bond acceptors (Lipinski definition) is 2. The number of benzene rings is 2. The normalized spacial score (nSPS) is 10.5. The second-order valence-electron chi connectivity index (χ2n) is 5.75. The Hall–Kier alpha value is -2.85. The molecule has 0 radical (unpaired) electrons. The molecule has 0 atom stereocenters. The third-order valence-electron chi connectivity index (χ3n) is 3.91. The smallest absolute Gasteiger partial charge is 0.298 e. The van der Waals surface area contributed by atoms with Crippen molar-refractivity contribution >= 4 is 29.0 Å². The summed E-state index contributed by atoms with van der Waals surface area (Å²) >= 11 is 5.95. The fourth-order valence-electron chi connectivity index (χ4n) is 2.56. The number of anilines is 1. The molecular formula is C20H17ClN2O2. The first-order chi connectivity index (χ1) is 12.0. The van der Waals surface area contributed by atoms with Crippen LogP contribution in [-0.4, -0.2) is 16.3 Å². The van der Waals surface area contributed by atoms with Gasteiger partial charge in [-0.15, -0.1) is 0 Å². The average Bonchev–Trinajstić information content (AvgIpc) is 3.06. The SMILES string of the molecule is Cc1ccc(Cl)cc1NC(=O)C(=O)c1cccn1Cc1ccccc1. The summed E-state index contributed by atoms with van der Waals surface area (Å²) in [5, 5.41) is 3.14. The molecule has 3 aromatic rings. The van der Waals surface area contributed by atoms with E-state index in [-0.39, 0.29) is 0 Å². The van der Waals surface area contributed by atoms with Gasteiger partial charge in [0.25, 0.3) is 11.7 Å². The monoisotopic (exact) mass is 352 g/mol. The summed E-state index contributed by atoms with van der Waals surface area (Å²) in [6.07, 6.45) is 1.79. The molecule has 0 bridgehead atoms. The second kappa shape index (κ2) is 7.36. The molecule has 0 unspecified atom stereocenters.